The summed E-state index contributed by atoms with van der Waals surface area (Å²) in [5, 5.41) is 2.77. The molecule has 0 bridgehead atoms. The van der Waals surface area contributed by atoms with Crippen molar-refractivity contribution < 1.29 is 13.9 Å². The van der Waals surface area contributed by atoms with E-state index in [9.17, 15) is 4.79 Å². The number of oxazole rings is 1. The second-order valence-electron chi connectivity index (χ2n) is 5.11. The average molecular weight is 311 g/mol. The van der Waals surface area contributed by atoms with Gasteiger partial charge < -0.3 is 14.5 Å². The molecule has 0 saturated carbocycles. The third kappa shape index (κ3) is 3.37. The van der Waals surface area contributed by atoms with Crippen molar-refractivity contribution in [1.82, 2.24) is 15.3 Å². The number of aromatic nitrogens is 2. The smallest absolute Gasteiger partial charge is 0.251 e. The van der Waals surface area contributed by atoms with Crippen LogP contribution in [0.3, 0.4) is 0 Å². The highest BCUT2D eigenvalue weighted by atomic mass is 16.5. The maximum atomic E-state index is 12.0. The van der Waals surface area contributed by atoms with Gasteiger partial charge in [-0.3, -0.25) is 4.79 Å². The van der Waals surface area contributed by atoms with Gasteiger partial charge in [0.15, 0.2) is 5.58 Å². The normalized spacial score (nSPS) is 10.9. The third-order valence-corrected chi connectivity index (χ3v) is 3.35. The zero-order valence-corrected chi connectivity index (χ0v) is 13.0. The number of carbonyl (C=O) groups excluding carboxylic acids is 1. The first-order valence-electron chi connectivity index (χ1n) is 7.29. The van der Waals surface area contributed by atoms with E-state index in [1.165, 1.54) is 0 Å². The van der Waals surface area contributed by atoms with Crippen molar-refractivity contribution in [3.63, 3.8) is 0 Å². The summed E-state index contributed by atoms with van der Waals surface area (Å²) in [6.45, 7) is 2.84. The van der Waals surface area contributed by atoms with E-state index in [-0.39, 0.29) is 5.91 Å². The van der Waals surface area contributed by atoms with Crippen LogP contribution in [0.1, 0.15) is 16.1 Å². The van der Waals surface area contributed by atoms with Crippen LogP contribution < -0.4 is 5.32 Å². The SMILES string of the molecule is COCCNC(=O)c1ccc2nc(-c3cccc(C)n3)oc2c1. The molecule has 0 aliphatic carbocycles. The van der Waals surface area contributed by atoms with E-state index in [4.69, 9.17) is 9.15 Å². The Balaban J connectivity index is 1.87. The fourth-order valence-electron chi connectivity index (χ4n) is 2.21. The van der Waals surface area contributed by atoms with Gasteiger partial charge in [-0.2, -0.15) is 0 Å². The molecular formula is C17H17N3O3. The highest BCUT2D eigenvalue weighted by Crippen LogP contribution is 2.23. The zero-order valence-electron chi connectivity index (χ0n) is 13.0. The number of carbonyl (C=O) groups is 1. The summed E-state index contributed by atoms with van der Waals surface area (Å²) in [5.74, 6) is 0.274. The van der Waals surface area contributed by atoms with Crippen LogP contribution in [-0.4, -0.2) is 36.1 Å². The minimum Gasteiger partial charge on any atom is -0.435 e. The number of nitrogens with one attached hydrogen (secondary N) is 1. The van der Waals surface area contributed by atoms with E-state index < -0.39 is 0 Å². The molecule has 0 spiro atoms. The van der Waals surface area contributed by atoms with Crippen molar-refractivity contribution in [2.75, 3.05) is 20.3 Å². The van der Waals surface area contributed by atoms with Crippen LogP contribution in [0.4, 0.5) is 0 Å². The standard InChI is InChI=1S/C17H17N3O3/c1-11-4-3-5-14(19-11)17-20-13-7-6-12(10-15(13)23-17)16(21)18-8-9-22-2/h3-7,10H,8-9H2,1-2H3,(H,18,21). The first kappa shape index (κ1) is 15.2. The molecule has 6 heteroatoms. The van der Waals surface area contributed by atoms with Crippen molar-refractivity contribution in [2.45, 2.75) is 6.92 Å². The van der Waals surface area contributed by atoms with Gasteiger partial charge in [-0.15, -0.1) is 0 Å². The van der Waals surface area contributed by atoms with Gasteiger partial charge in [-0.1, -0.05) is 6.07 Å². The van der Waals surface area contributed by atoms with Gasteiger partial charge in [0.1, 0.15) is 11.2 Å². The zero-order chi connectivity index (χ0) is 16.2. The van der Waals surface area contributed by atoms with Crippen LogP contribution in [0, 0.1) is 6.92 Å². The number of pyridine rings is 1. The predicted octanol–water partition coefficient (Wildman–Crippen LogP) is 2.57. The van der Waals surface area contributed by atoms with E-state index in [2.05, 4.69) is 15.3 Å². The van der Waals surface area contributed by atoms with Gasteiger partial charge >= 0.3 is 0 Å². The number of amides is 1. The van der Waals surface area contributed by atoms with E-state index >= 15 is 0 Å². The largest absolute Gasteiger partial charge is 0.435 e. The number of ether oxygens (including phenoxy) is 1. The number of nitrogens with zero attached hydrogens (tertiary/aromatic N) is 2. The van der Waals surface area contributed by atoms with Crippen molar-refractivity contribution >= 4 is 17.0 Å². The van der Waals surface area contributed by atoms with Gasteiger partial charge in [0.05, 0.1) is 6.61 Å². The Morgan fingerprint density at radius 3 is 2.91 bits per heavy atom. The van der Waals surface area contributed by atoms with Gasteiger partial charge in [-0.25, -0.2) is 9.97 Å². The Bertz CT molecular complexity index is 842. The fraction of sp³-hybridized carbons (Fsp3) is 0.235. The molecule has 0 fully saturated rings. The molecule has 3 aromatic rings. The topological polar surface area (TPSA) is 77.2 Å². The molecule has 0 aliphatic rings. The Hall–Kier alpha value is -2.73. The van der Waals surface area contributed by atoms with Crippen LogP contribution >= 0.6 is 0 Å². The van der Waals surface area contributed by atoms with Crippen molar-refractivity contribution in [1.29, 1.82) is 0 Å². The number of fused-ring (bicyclic) bond motifs is 1. The summed E-state index contributed by atoms with van der Waals surface area (Å²) in [4.78, 5) is 20.9. The second-order valence-corrected chi connectivity index (χ2v) is 5.11. The lowest BCUT2D eigenvalue weighted by molar-refractivity contribution is 0.0937. The average Bonchev–Trinajstić information content (AvgIpc) is 2.98. The Morgan fingerprint density at radius 1 is 1.26 bits per heavy atom. The molecule has 2 aromatic heterocycles. The summed E-state index contributed by atoms with van der Waals surface area (Å²) in [7, 11) is 1.59. The quantitative estimate of drug-likeness (QED) is 0.733. The summed E-state index contributed by atoms with van der Waals surface area (Å²) < 4.78 is 10.7. The molecule has 2 heterocycles. The first-order chi connectivity index (χ1) is 11.2. The van der Waals surface area contributed by atoms with Gasteiger partial charge in [-0.05, 0) is 37.3 Å². The molecule has 0 radical (unpaired) electrons. The van der Waals surface area contributed by atoms with Crippen LogP contribution in [-0.2, 0) is 4.74 Å². The van der Waals surface area contributed by atoms with Gasteiger partial charge in [0, 0.05) is 24.9 Å². The lowest BCUT2D eigenvalue weighted by Crippen LogP contribution is -2.26. The predicted molar refractivity (Wildman–Crippen MR) is 86.2 cm³/mol. The summed E-state index contributed by atoms with van der Waals surface area (Å²) in [6, 6.07) is 10.8. The summed E-state index contributed by atoms with van der Waals surface area (Å²) >= 11 is 0. The maximum absolute atomic E-state index is 12.0. The minimum atomic E-state index is -0.171. The Kier molecular flexibility index (Phi) is 4.34. The van der Waals surface area contributed by atoms with Gasteiger partial charge in [0.2, 0.25) is 5.89 Å². The molecule has 0 unspecified atom stereocenters. The monoisotopic (exact) mass is 311 g/mol. The molecule has 1 aromatic carbocycles. The molecule has 23 heavy (non-hydrogen) atoms. The van der Waals surface area contributed by atoms with Crippen molar-refractivity contribution in [3.8, 4) is 11.6 Å². The second kappa shape index (κ2) is 6.58. The lowest BCUT2D eigenvalue weighted by Gasteiger charge is -2.03. The van der Waals surface area contributed by atoms with E-state index in [1.54, 1.807) is 25.3 Å². The minimum absolute atomic E-state index is 0.171. The molecule has 3 rings (SSSR count). The number of hydrogen-bond acceptors (Lipinski definition) is 5. The molecule has 118 valence electrons. The van der Waals surface area contributed by atoms with E-state index in [1.807, 2.05) is 25.1 Å². The van der Waals surface area contributed by atoms with Gasteiger partial charge in [0.25, 0.3) is 5.91 Å². The fourth-order valence-corrected chi connectivity index (χ4v) is 2.21. The van der Waals surface area contributed by atoms with Crippen LogP contribution in [0.2, 0.25) is 0 Å². The number of methoxy groups -OCH3 is 1. The number of rotatable bonds is 5. The van der Waals surface area contributed by atoms with E-state index in [0.29, 0.717) is 41.4 Å². The number of benzene rings is 1. The van der Waals surface area contributed by atoms with Crippen molar-refractivity contribution in [2.24, 2.45) is 0 Å². The van der Waals surface area contributed by atoms with Crippen LogP contribution in [0.15, 0.2) is 40.8 Å². The number of hydrogen-bond donors (Lipinski definition) is 1. The molecule has 1 N–H and O–H groups in total. The van der Waals surface area contributed by atoms with Crippen LogP contribution in [0.5, 0.6) is 0 Å². The maximum Gasteiger partial charge on any atom is 0.251 e. The van der Waals surface area contributed by atoms with Crippen molar-refractivity contribution in [3.05, 3.63) is 47.7 Å². The molecule has 0 saturated heterocycles. The summed E-state index contributed by atoms with van der Waals surface area (Å²) in [5.41, 5.74) is 3.34. The number of aryl methyl sites for hydroxylation is 1. The molecule has 0 aliphatic heterocycles. The van der Waals surface area contributed by atoms with Crippen LogP contribution in [0.25, 0.3) is 22.7 Å². The highest BCUT2D eigenvalue weighted by Gasteiger charge is 2.12. The third-order valence-electron chi connectivity index (χ3n) is 3.35. The first-order valence-corrected chi connectivity index (χ1v) is 7.29. The Labute approximate surface area is 133 Å². The Morgan fingerprint density at radius 2 is 2.13 bits per heavy atom. The molecule has 6 nitrogen and oxygen atoms in total. The van der Waals surface area contributed by atoms with E-state index in [0.717, 1.165) is 5.69 Å². The lowest BCUT2D eigenvalue weighted by atomic mass is 10.2. The highest BCUT2D eigenvalue weighted by molar-refractivity contribution is 5.97. The summed E-state index contributed by atoms with van der Waals surface area (Å²) in [6.07, 6.45) is 0. The molecule has 0 atom stereocenters. The molecular weight excluding hydrogens is 294 g/mol. The molecule has 1 amide bonds.